The van der Waals surface area contributed by atoms with Gasteiger partial charge in [-0.1, -0.05) is 13.8 Å². The van der Waals surface area contributed by atoms with Crippen LogP contribution in [0.3, 0.4) is 0 Å². The molecular formula is C10H23Cl2N3O3. The fraction of sp³-hybridized carbons (Fsp3) is 0.800. The van der Waals surface area contributed by atoms with Gasteiger partial charge in [-0.25, -0.2) is 4.79 Å². The van der Waals surface area contributed by atoms with E-state index in [1.165, 1.54) is 0 Å². The molecule has 0 radical (unpaired) electrons. The standard InChI is InChI=1S/C10H21N3O3.2ClH/c1-5(2)4-7(10(15)16)13-9(14)8(12)6(3)11;;/h5-8H,4,11-12H2,1-3H3,(H,13,14)(H,15,16);2*1H/t6-,7-,8-;;/m0../s1. The van der Waals surface area contributed by atoms with Gasteiger partial charge >= 0.3 is 5.97 Å². The number of amides is 1. The summed E-state index contributed by atoms with van der Waals surface area (Å²) < 4.78 is 0. The molecule has 0 bridgehead atoms. The van der Waals surface area contributed by atoms with Crippen LogP contribution < -0.4 is 16.8 Å². The predicted molar refractivity (Wildman–Crippen MR) is 75.1 cm³/mol. The van der Waals surface area contributed by atoms with Crippen molar-refractivity contribution in [3.8, 4) is 0 Å². The minimum Gasteiger partial charge on any atom is -0.480 e. The number of carboxylic acid groups (broad SMARTS) is 1. The van der Waals surface area contributed by atoms with E-state index in [0.29, 0.717) is 6.42 Å². The van der Waals surface area contributed by atoms with E-state index >= 15 is 0 Å². The summed E-state index contributed by atoms with van der Waals surface area (Å²) in [6.07, 6.45) is 0.368. The van der Waals surface area contributed by atoms with Gasteiger partial charge in [0.15, 0.2) is 0 Å². The molecular weight excluding hydrogens is 281 g/mol. The summed E-state index contributed by atoms with van der Waals surface area (Å²) in [4.78, 5) is 22.4. The number of nitrogens with one attached hydrogen (secondary N) is 1. The van der Waals surface area contributed by atoms with E-state index < -0.39 is 30.0 Å². The van der Waals surface area contributed by atoms with Crippen molar-refractivity contribution in [1.29, 1.82) is 0 Å². The Balaban J connectivity index is -0.00000112. The van der Waals surface area contributed by atoms with Gasteiger partial charge in [0.1, 0.15) is 6.04 Å². The molecule has 0 aromatic carbocycles. The molecule has 0 aromatic heterocycles. The van der Waals surface area contributed by atoms with Crippen molar-refractivity contribution in [2.24, 2.45) is 17.4 Å². The van der Waals surface area contributed by atoms with Crippen LogP contribution >= 0.6 is 24.8 Å². The SMILES string of the molecule is CC(C)C[C@H](NC(=O)[C@@H](N)[C@H](C)N)C(=O)O.Cl.Cl. The number of hydrogen-bond acceptors (Lipinski definition) is 4. The van der Waals surface area contributed by atoms with E-state index in [2.05, 4.69) is 5.32 Å². The molecule has 110 valence electrons. The third-order valence-corrected chi connectivity index (χ3v) is 2.19. The van der Waals surface area contributed by atoms with Crippen LogP contribution in [0.1, 0.15) is 27.2 Å². The lowest BCUT2D eigenvalue weighted by Crippen LogP contribution is -2.54. The van der Waals surface area contributed by atoms with E-state index in [-0.39, 0.29) is 30.7 Å². The first-order valence-corrected chi connectivity index (χ1v) is 5.30. The van der Waals surface area contributed by atoms with E-state index in [4.69, 9.17) is 16.6 Å². The molecule has 6 N–H and O–H groups in total. The van der Waals surface area contributed by atoms with E-state index in [1.807, 2.05) is 13.8 Å². The van der Waals surface area contributed by atoms with E-state index in [1.54, 1.807) is 6.92 Å². The highest BCUT2D eigenvalue weighted by molar-refractivity contribution is 5.87. The Morgan fingerprint density at radius 3 is 1.89 bits per heavy atom. The third-order valence-electron chi connectivity index (χ3n) is 2.19. The molecule has 6 nitrogen and oxygen atoms in total. The Bertz CT molecular complexity index is 263. The zero-order valence-electron chi connectivity index (χ0n) is 10.8. The normalized spacial score (nSPS) is 14.8. The average Bonchev–Trinajstić information content (AvgIpc) is 2.14. The minimum atomic E-state index is -1.06. The van der Waals surface area contributed by atoms with Crippen LogP contribution in [0.15, 0.2) is 0 Å². The maximum absolute atomic E-state index is 11.5. The van der Waals surface area contributed by atoms with Crippen molar-refractivity contribution in [2.75, 3.05) is 0 Å². The number of hydrogen-bond donors (Lipinski definition) is 4. The monoisotopic (exact) mass is 303 g/mol. The molecule has 8 heteroatoms. The lowest BCUT2D eigenvalue weighted by Gasteiger charge is -2.20. The summed E-state index contributed by atoms with van der Waals surface area (Å²) in [5.41, 5.74) is 11.0. The van der Waals surface area contributed by atoms with Crippen molar-refractivity contribution in [2.45, 2.75) is 45.3 Å². The van der Waals surface area contributed by atoms with Gasteiger partial charge < -0.3 is 21.9 Å². The minimum absolute atomic E-state index is 0. The third kappa shape index (κ3) is 8.52. The molecule has 1 amide bonds. The lowest BCUT2D eigenvalue weighted by molar-refractivity contribution is -0.142. The van der Waals surface area contributed by atoms with Crippen LogP contribution in [0.25, 0.3) is 0 Å². The summed E-state index contributed by atoms with van der Waals surface area (Å²) in [5.74, 6) is -1.41. The van der Waals surface area contributed by atoms with Crippen LogP contribution in [-0.2, 0) is 9.59 Å². The van der Waals surface area contributed by atoms with Crippen molar-refractivity contribution < 1.29 is 14.7 Å². The number of halogens is 2. The zero-order chi connectivity index (χ0) is 12.9. The molecule has 0 saturated heterocycles. The fourth-order valence-electron chi connectivity index (χ4n) is 1.20. The van der Waals surface area contributed by atoms with Crippen LogP contribution in [0.5, 0.6) is 0 Å². The first-order valence-electron chi connectivity index (χ1n) is 5.30. The maximum atomic E-state index is 11.5. The number of carboxylic acids is 1. The van der Waals surface area contributed by atoms with E-state index in [9.17, 15) is 9.59 Å². The molecule has 0 aromatic rings. The fourth-order valence-corrected chi connectivity index (χ4v) is 1.20. The van der Waals surface area contributed by atoms with Crippen molar-refractivity contribution >= 4 is 36.7 Å². The highest BCUT2D eigenvalue weighted by Crippen LogP contribution is 2.05. The van der Waals surface area contributed by atoms with E-state index in [0.717, 1.165) is 0 Å². The van der Waals surface area contributed by atoms with Crippen LogP contribution in [0, 0.1) is 5.92 Å². The van der Waals surface area contributed by atoms with Gasteiger partial charge in [0, 0.05) is 6.04 Å². The summed E-state index contributed by atoms with van der Waals surface area (Å²) >= 11 is 0. The van der Waals surface area contributed by atoms with Crippen molar-refractivity contribution in [3.05, 3.63) is 0 Å². The highest BCUT2D eigenvalue weighted by atomic mass is 35.5. The van der Waals surface area contributed by atoms with Crippen LogP contribution in [0.2, 0.25) is 0 Å². The van der Waals surface area contributed by atoms with Gasteiger partial charge in [0.25, 0.3) is 0 Å². The zero-order valence-corrected chi connectivity index (χ0v) is 12.4. The maximum Gasteiger partial charge on any atom is 0.326 e. The van der Waals surface area contributed by atoms with Gasteiger partial charge in [0.05, 0.1) is 6.04 Å². The van der Waals surface area contributed by atoms with Gasteiger partial charge in [-0.05, 0) is 19.3 Å². The summed E-state index contributed by atoms with van der Waals surface area (Å²) in [6, 6.07) is -2.29. The summed E-state index contributed by atoms with van der Waals surface area (Å²) in [7, 11) is 0. The number of nitrogens with two attached hydrogens (primary N) is 2. The van der Waals surface area contributed by atoms with Crippen LogP contribution in [0.4, 0.5) is 0 Å². The molecule has 0 spiro atoms. The quantitative estimate of drug-likeness (QED) is 0.556. The van der Waals surface area contributed by atoms with Gasteiger partial charge in [-0.2, -0.15) is 0 Å². The molecule has 0 aliphatic heterocycles. The average molecular weight is 304 g/mol. The number of rotatable bonds is 6. The van der Waals surface area contributed by atoms with Crippen molar-refractivity contribution in [3.63, 3.8) is 0 Å². The molecule has 0 aliphatic carbocycles. The smallest absolute Gasteiger partial charge is 0.326 e. The lowest BCUT2D eigenvalue weighted by atomic mass is 10.0. The molecule has 0 aliphatic rings. The molecule has 0 unspecified atom stereocenters. The van der Waals surface area contributed by atoms with Gasteiger partial charge in [-0.15, -0.1) is 24.8 Å². The van der Waals surface area contributed by atoms with Crippen LogP contribution in [-0.4, -0.2) is 35.1 Å². The Labute approximate surface area is 120 Å². The second-order valence-corrected chi connectivity index (χ2v) is 4.41. The van der Waals surface area contributed by atoms with Gasteiger partial charge in [-0.3, -0.25) is 4.79 Å². The van der Waals surface area contributed by atoms with Gasteiger partial charge in [0.2, 0.25) is 5.91 Å². The molecule has 0 fully saturated rings. The first kappa shape index (κ1) is 22.6. The molecule has 18 heavy (non-hydrogen) atoms. The highest BCUT2D eigenvalue weighted by Gasteiger charge is 2.25. The largest absolute Gasteiger partial charge is 0.480 e. The predicted octanol–water partition coefficient (Wildman–Crippen LogP) is 0.120. The van der Waals surface area contributed by atoms with Crippen molar-refractivity contribution in [1.82, 2.24) is 5.32 Å². The first-order chi connectivity index (χ1) is 7.25. The molecule has 0 rings (SSSR count). The Hall–Kier alpha value is -0.560. The summed E-state index contributed by atoms with van der Waals surface area (Å²) in [6.45, 7) is 5.36. The molecule has 0 saturated carbocycles. The number of carbonyl (C=O) groups excluding carboxylic acids is 1. The Kier molecular flexibility index (Phi) is 13.0. The number of aliphatic carboxylic acids is 1. The second kappa shape index (κ2) is 10.4. The second-order valence-electron chi connectivity index (χ2n) is 4.41. The summed E-state index contributed by atoms with van der Waals surface area (Å²) in [5, 5.41) is 11.3. The molecule has 3 atom stereocenters. The molecule has 0 heterocycles. The Morgan fingerprint density at radius 1 is 1.17 bits per heavy atom. The Morgan fingerprint density at radius 2 is 1.61 bits per heavy atom. The topological polar surface area (TPSA) is 118 Å². The number of carbonyl (C=O) groups is 2.